The first-order valence-corrected chi connectivity index (χ1v) is 8.75. The Labute approximate surface area is 144 Å². The summed E-state index contributed by atoms with van der Waals surface area (Å²) in [6.45, 7) is 2.27. The number of amides is 1. The third kappa shape index (κ3) is 4.51. The van der Waals surface area contributed by atoms with Gasteiger partial charge in [-0.25, -0.2) is 9.18 Å². The molecule has 0 spiro atoms. The first kappa shape index (κ1) is 17.9. The lowest BCUT2D eigenvalue weighted by Gasteiger charge is -2.24. The Morgan fingerprint density at radius 1 is 1.43 bits per heavy atom. The lowest BCUT2D eigenvalue weighted by atomic mass is 10.1. The molecule has 0 aromatic heterocycles. The monoisotopic (exact) mass is 355 g/mol. The van der Waals surface area contributed by atoms with Gasteiger partial charge in [0.05, 0.1) is 4.20 Å². The van der Waals surface area contributed by atoms with Crippen molar-refractivity contribution in [3.8, 4) is 0 Å². The van der Waals surface area contributed by atoms with Gasteiger partial charge in [-0.2, -0.15) is 0 Å². The van der Waals surface area contributed by atoms with Gasteiger partial charge in [-0.3, -0.25) is 4.79 Å². The molecule has 0 aliphatic carbocycles. The highest BCUT2D eigenvalue weighted by molar-refractivity contribution is 8.23. The number of thioether (sulfide) groups is 1. The summed E-state index contributed by atoms with van der Waals surface area (Å²) in [4.78, 5) is 25.0. The molecule has 1 aromatic carbocycles. The number of hydrogen-bond acceptors (Lipinski definition) is 4. The second kappa shape index (κ2) is 7.88. The third-order valence-electron chi connectivity index (χ3n) is 3.79. The predicted octanol–water partition coefficient (Wildman–Crippen LogP) is 2.95. The van der Waals surface area contributed by atoms with E-state index in [1.807, 2.05) is 0 Å². The minimum atomic E-state index is -0.947. The van der Waals surface area contributed by atoms with Gasteiger partial charge in [0.2, 0.25) is 5.91 Å². The molecular formula is C16H18FNO3S2. The number of hydrogen-bond donors (Lipinski definition) is 1. The predicted molar refractivity (Wildman–Crippen MR) is 92.1 cm³/mol. The minimum Gasteiger partial charge on any atom is -0.480 e. The Morgan fingerprint density at radius 2 is 2.09 bits per heavy atom. The summed E-state index contributed by atoms with van der Waals surface area (Å²) < 4.78 is 13.5. The van der Waals surface area contributed by atoms with Crippen LogP contribution < -0.4 is 0 Å². The molecule has 2 atom stereocenters. The van der Waals surface area contributed by atoms with E-state index in [4.69, 9.17) is 17.3 Å². The third-order valence-corrected chi connectivity index (χ3v) is 5.54. The SMILES string of the molecule is C[C@H](CSC(=S)c1ccc(F)cc1)C(=O)N1CCC[C@H]1C(=O)O. The largest absolute Gasteiger partial charge is 0.480 e. The molecule has 1 N–H and O–H groups in total. The van der Waals surface area contributed by atoms with Gasteiger partial charge in [-0.15, -0.1) is 11.8 Å². The van der Waals surface area contributed by atoms with E-state index in [9.17, 15) is 14.0 Å². The van der Waals surface area contributed by atoms with Crippen molar-refractivity contribution < 1.29 is 19.1 Å². The number of carboxylic acids is 1. The van der Waals surface area contributed by atoms with Crippen LogP contribution in [0.4, 0.5) is 4.39 Å². The molecule has 4 nitrogen and oxygen atoms in total. The molecule has 1 amide bonds. The molecule has 1 fully saturated rings. The highest BCUT2D eigenvalue weighted by atomic mass is 32.2. The van der Waals surface area contributed by atoms with Crippen LogP contribution in [0.5, 0.6) is 0 Å². The van der Waals surface area contributed by atoms with Crippen LogP contribution in [-0.4, -0.2) is 44.4 Å². The maximum absolute atomic E-state index is 12.9. The fourth-order valence-corrected chi connectivity index (χ4v) is 3.70. The fourth-order valence-electron chi connectivity index (χ4n) is 2.51. The summed E-state index contributed by atoms with van der Waals surface area (Å²) in [5, 5.41) is 9.15. The molecule has 0 saturated carbocycles. The van der Waals surface area contributed by atoms with E-state index in [1.165, 1.54) is 28.8 Å². The van der Waals surface area contributed by atoms with Gasteiger partial charge in [0.1, 0.15) is 11.9 Å². The number of carboxylic acid groups (broad SMARTS) is 1. The zero-order chi connectivity index (χ0) is 17.0. The number of thiocarbonyl (C=S) groups is 1. The van der Waals surface area contributed by atoms with Crippen molar-refractivity contribution >= 4 is 40.1 Å². The van der Waals surface area contributed by atoms with Crippen molar-refractivity contribution in [2.45, 2.75) is 25.8 Å². The van der Waals surface area contributed by atoms with Crippen LogP contribution in [0.2, 0.25) is 0 Å². The van der Waals surface area contributed by atoms with E-state index in [0.717, 1.165) is 12.0 Å². The number of benzene rings is 1. The molecule has 1 aliphatic rings. The Morgan fingerprint density at radius 3 is 2.70 bits per heavy atom. The van der Waals surface area contributed by atoms with Crippen LogP contribution in [0.15, 0.2) is 24.3 Å². The lowest BCUT2D eigenvalue weighted by Crippen LogP contribution is -2.43. The smallest absolute Gasteiger partial charge is 0.326 e. The van der Waals surface area contributed by atoms with Crippen molar-refractivity contribution in [2.75, 3.05) is 12.3 Å². The fraction of sp³-hybridized carbons (Fsp3) is 0.438. The van der Waals surface area contributed by atoms with Gasteiger partial charge in [0.25, 0.3) is 0 Å². The number of aliphatic carboxylic acids is 1. The zero-order valence-electron chi connectivity index (χ0n) is 12.7. The molecule has 1 saturated heterocycles. The molecule has 0 radical (unpaired) electrons. The number of halogens is 1. The van der Waals surface area contributed by atoms with E-state index in [0.29, 0.717) is 22.9 Å². The molecule has 0 bridgehead atoms. The summed E-state index contributed by atoms with van der Waals surface area (Å²) in [5.74, 6) is -1.27. The van der Waals surface area contributed by atoms with Crippen LogP contribution in [0.3, 0.4) is 0 Å². The van der Waals surface area contributed by atoms with Crippen LogP contribution in [0.1, 0.15) is 25.3 Å². The van der Waals surface area contributed by atoms with Crippen molar-refractivity contribution in [3.05, 3.63) is 35.6 Å². The quantitative estimate of drug-likeness (QED) is 0.823. The second-order valence-electron chi connectivity index (χ2n) is 5.53. The molecule has 0 unspecified atom stereocenters. The Kier molecular flexibility index (Phi) is 6.12. The molecule has 7 heteroatoms. The molecule has 1 aliphatic heterocycles. The molecule has 1 heterocycles. The zero-order valence-corrected chi connectivity index (χ0v) is 14.3. The first-order valence-electron chi connectivity index (χ1n) is 7.36. The number of likely N-dealkylation sites (tertiary alicyclic amines) is 1. The van der Waals surface area contributed by atoms with Crippen molar-refractivity contribution in [3.63, 3.8) is 0 Å². The summed E-state index contributed by atoms with van der Waals surface area (Å²) >= 11 is 6.64. The van der Waals surface area contributed by atoms with E-state index in [-0.39, 0.29) is 17.6 Å². The molecule has 124 valence electrons. The Balaban J connectivity index is 1.90. The average Bonchev–Trinajstić information content (AvgIpc) is 3.02. The summed E-state index contributed by atoms with van der Waals surface area (Å²) in [5.41, 5.74) is 0.746. The maximum atomic E-state index is 12.9. The van der Waals surface area contributed by atoms with Crippen LogP contribution in [0, 0.1) is 11.7 Å². The van der Waals surface area contributed by atoms with Crippen LogP contribution in [0.25, 0.3) is 0 Å². The Hall–Kier alpha value is -1.47. The number of carbonyl (C=O) groups excluding carboxylic acids is 1. The molecule has 2 rings (SSSR count). The minimum absolute atomic E-state index is 0.149. The summed E-state index contributed by atoms with van der Waals surface area (Å²) in [6.07, 6.45) is 1.23. The lowest BCUT2D eigenvalue weighted by molar-refractivity contribution is -0.149. The van der Waals surface area contributed by atoms with E-state index in [1.54, 1.807) is 19.1 Å². The average molecular weight is 355 g/mol. The van der Waals surface area contributed by atoms with Crippen molar-refractivity contribution in [2.24, 2.45) is 5.92 Å². The van der Waals surface area contributed by atoms with E-state index in [2.05, 4.69) is 0 Å². The number of nitrogens with zero attached hydrogens (tertiary/aromatic N) is 1. The molecule has 1 aromatic rings. The Bertz CT molecular complexity index is 606. The summed E-state index contributed by atoms with van der Waals surface area (Å²) in [6, 6.07) is 5.20. The van der Waals surface area contributed by atoms with Gasteiger partial charge in [-0.1, -0.05) is 31.3 Å². The van der Waals surface area contributed by atoms with Crippen LogP contribution >= 0.6 is 24.0 Å². The first-order chi connectivity index (χ1) is 10.9. The second-order valence-corrected chi connectivity index (χ2v) is 7.23. The maximum Gasteiger partial charge on any atom is 0.326 e. The van der Waals surface area contributed by atoms with Crippen molar-refractivity contribution in [1.82, 2.24) is 4.90 Å². The topological polar surface area (TPSA) is 57.6 Å². The van der Waals surface area contributed by atoms with Gasteiger partial charge < -0.3 is 10.0 Å². The summed E-state index contributed by atoms with van der Waals surface area (Å²) in [7, 11) is 0. The standard InChI is InChI=1S/C16H18FNO3S2/c1-10(14(19)18-8-2-3-13(18)15(20)21)9-23-16(22)11-4-6-12(17)7-5-11/h4-7,10,13H,2-3,8-9H2,1H3,(H,20,21)/t10-,13+/m1/s1. The van der Waals surface area contributed by atoms with Crippen molar-refractivity contribution in [1.29, 1.82) is 0 Å². The molecule has 23 heavy (non-hydrogen) atoms. The van der Waals surface area contributed by atoms with Gasteiger partial charge in [-0.05, 0) is 30.5 Å². The normalized spacial score (nSPS) is 18.7. The van der Waals surface area contributed by atoms with Gasteiger partial charge in [0.15, 0.2) is 0 Å². The highest BCUT2D eigenvalue weighted by Crippen LogP contribution is 2.23. The number of rotatable bonds is 5. The highest BCUT2D eigenvalue weighted by Gasteiger charge is 2.35. The molecular weight excluding hydrogens is 337 g/mol. The number of carbonyl (C=O) groups is 2. The van der Waals surface area contributed by atoms with Gasteiger partial charge >= 0.3 is 5.97 Å². The van der Waals surface area contributed by atoms with Crippen LogP contribution in [-0.2, 0) is 9.59 Å². The van der Waals surface area contributed by atoms with E-state index >= 15 is 0 Å². The van der Waals surface area contributed by atoms with E-state index < -0.39 is 12.0 Å². The van der Waals surface area contributed by atoms with Gasteiger partial charge in [0, 0.05) is 18.2 Å².